The fourth-order valence-corrected chi connectivity index (χ4v) is 1.95. The molecule has 20 heavy (non-hydrogen) atoms. The average molecular weight is 274 g/mol. The zero-order valence-electron chi connectivity index (χ0n) is 12.1. The summed E-state index contributed by atoms with van der Waals surface area (Å²) >= 11 is 0. The minimum absolute atomic E-state index is 0.688. The molecular formula is C14H22N6. The quantitative estimate of drug-likeness (QED) is 0.723. The largest absolute Gasteiger partial charge is 0.370 e. The first-order valence-electron chi connectivity index (χ1n) is 7.07. The average Bonchev–Trinajstić information content (AvgIpc) is 2.91. The third-order valence-corrected chi connectivity index (χ3v) is 2.90. The summed E-state index contributed by atoms with van der Waals surface area (Å²) in [5.41, 5.74) is 0.969. The maximum atomic E-state index is 4.42. The molecule has 2 N–H and O–H groups in total. The highest BCUT2D eigenvalue weighted by Gasteiger charge is 2.00. The van der Waals surface area contributed by atoms with Gasteiger partial charge < -0.3 is 15.2 Å². The monoisotopic (exact) mass is 274 g/mol. The molecule has 0 aliphatic heterocycles. The molecule has 0 fully saturated rings. The van der Waals surface area contributed by atoms with E-state index in [9.17, 15) is 0 Å². The molecule has 0 spiro atoms. The van der Waals surface area contributed by atoms with Gasteiger partial charge in [-0.2, -0.15) is 4.98 Å². The predicted molar refractivity (Wildman–Crippen MR) is 80.9 cm³/mol. The maximum Gasteiger partial charge on any atom is 0.224 e. The van der Waals surface area contributed by atoms with Gasteiger partial charge >= 0.3 is 0 Å². The van der Waals surface area contributed by atoms with Crippen LogP contribution < -0.4 is 10.6 Å². The summed E-state index contributed by atoms with van der Waals surface area (Å²) in [5.74, 6) is 1.57. The Hall–Kier alpha value is -2.11. The molecule has 2 heterocycles. The summed E-state index contributed by atoms with van der Waals surface area (Å²) in [7, 11) is 0. The molecule has 0 aliphatic carbocycles. The Labute approximate surface area is 119 Å². The van der Waals surface area contributed by atoms with Crippen LogP contribution in [0.1, 0.15) is 25.5 Å². The lowest BCUT2D eigenvalue weighted by molar-refractivity contribution is 0.620. The highest BCUT2D eigenvalue weighted by Crippen LogP contribution is 2.09. The van der Waals surface area contributed by atoms with Crippen LogP contribution in [0, 0.1) is 6.92 Å². The SMILES string of the molecule is CCNc1nc(C)cc(NCCCCn2ccnc2)n1. The van der Waals surface area contributed by atoms with Crippen molar-refractivity contribution in [2.75, 3.05) is 23.7 Å². The van der Waals surface area contributed by atoms with Crippen molar-refractivity contribution in [3.05, 3.63) is 30.5 Å². The molecule has 0 unspecified atom stereocenters. The minimum atomic E-state index is 0.688. The van der Waals surface area contributed by atoms with Crippen molar-refractivity contribution < 1.29 is 0 Å². The second kappa shape index (κ2) is 7.47. The lowest BCUT2D eigenvalue weighted by Crippen LogP contribution is -2.09. The van der Waals surface area contributed by atoms with Crippen LogP contribution >= 0.6 is 0 Å². The molecule has 2 aromatic heterocycles. The number of unbranched alkanes of at least 4 members (excludes halogenated alkanes) is 1. The van der Waals surface area contributed by atoms with E-state index < -0.39 is 0 Å². The summed E-state index contributed by atoms with van der Waals surface area (Å²) in [6, 6.07) is 1.97. The van der Waals surface area contributed by atoms with Crippen molar-refractivity contribution in [3.8, 4) is 0 Å². The van der Waals surface area contributed by atoms with Gasteiger partial charge in [0.15, 0.2) is 0 Å². The highest BCUT2D eigenvalue weighted by atomic mass is 15.1. The fourth-order valence-electron chi connectivity index (χ4n) is 1.95. The number of aryl methyl sites for hydroxylation is 2. The molecule has 0 amide bonds. The standard InChI is InChI=1S/C14H22N6/c1-3-16-14-18-12(2)10-13(19-14)17-6-4-5-8-20-9-7-15-11-20/h7,9-11H,3-6,8H2,1-2H3,(H2,16,17,18,19). The molecule has 108 valence electrons. The van der Waals surface area contributed by atoms with Gasteiger partial charge in [-0.1, -0.05) is 0 Å². The summed E-state index contributed by atoms with van der Waals surface area (Å²) in [4.78, 5) is 12.8. The van der Waals surface area contributed by atoms with Gasteiger partial charge in [-0.15, -0.1) is 0 Å². The Morgan fingerprint density at radius 2 is 2.10 bits per heavy atom. The van der Waals surface area contributed by atoms with Crippen LogP contribution in [0.2, 0.25) is 0 Å². The topological polar surface area (TPSA) is 67.7 Å². The van der Waals surface area contributed by atoms with E-state index in [1.54, 1.807) is 0 Å². The van der Waals surface area contributed by atoms with Crippen molar-refractivity contribution in [2.24, 2.45) is 0 Å². The van der Waals surface area contributed by atoms with E-state index in [0.717, 1.165) is 44.0 Å². The van der Waals surface area contributed by atoms with E-state index in [1.165, 1.54) is 0 Å². The Morgan fingerprint density at radius 3 is 2.85 bits per heavy atom. The zero-order valence-corrected chi connectivity index (χ0v) is 12.1. The molecule has 0 aliphatic rings. The van der Waals surface area contributed by atoms with E-state index in [-0.39, 0.29) is 0 Å². The van der Waals surface area contributed by atoms with Gasteiger partial charge in [0.05, 0.1) is 6.33 Å². The van der Waals surface area contributed by atoms with Gasteiger partial charge in [0.2, 0.25) is 5.95 Å². The van der Waals surface area contributed by atoms with Gasteiger partial charge in [0.25, 0.3) is 0 Å². The Bertz CT molecular complexity index is 508. The number of anilines is 2. The summed E-state index contributed by atoms with van der Waals surface area (Å²) in [5, 5.41) is 6.48. The molecule has 0 saturated heterocycles. The lowest BCUT2D eigenvalue weighted by Gasteiger charge is -2.09. The molecule has 0 aromatic carbocycles. The fraction of sp³-hybridized carbons (Fsp3) is 0.500. The van der Waals surface area contributed by atoms with E-state index in [1.807, 2.05) is 38.6 Å². The first-order chi connectivity index (χ1) is 9.78. The second-order valence-corrected chi connectivity index (χ2v) is 4.68. The smallest absolute Gasteiger partial charge is 0.224 e. The number of hydrogen-bond acceptors (Lipinski definition) is 5. The van der Waals surface area contributed by atoms with Crippen molar-refractivity contribution in [1.29, 1.82) is 0 Å². The van der Waals surface area contributed by atoms with Gasteiger partial charge in [0.1, 0.15) is 5.82 Å². The number of hydrogen-bond donors (Lipinski definition) is 2. The number of nitrogens with one attached hydrogen (secondary N) is 2. The summed E-state index contributed by atoms with van der Waals surface area (Å²) in [6.07, 6.45) is 7.86. The molecule has 0 saturated carbocycles. The van der Waals surface area contributed by atoms with E-state index in [2.05, 4.69) is 30.2 Å². The molecule has 2 rings (SSSR count). The maximum absolute atomic E-state index is 4.42. The first kappa shape index (κ1) is 14.3. The zero-order chi connectivity index (χ0) is 14.2. The van der Waals surface area contributed by atoms with Crippen LogP contribution in [0.25, 0.3) is 0 Å². The summed E-state index contributed by atoms with van der Waals surface area (Å²) < 4.78 is 2.10. The van der Waals surface area contributed by atoms with Crippen molar-refractivity contribution >= 4 is 11.8 Å². The van der Waals surface area contributed by atoms with Crippen LogP contribution in [0.3, 0.4) is 0 Å². The number of aromatic nitrogens is 4. The molecule has 6 nitrogen and oxygen atoms in total. The van der Waals surface area contributed by atoms with E-state index >= 15 is 0 Å². The lowest BCUT2D eigenvalue weighted by atomic mass is 10.3. The second-order valence-electron chi connectivity index (χ2n) is 4.68. The van der Waals surface area contributed by atoms with Crippen LogP contribution in [0.4, 0.5) is 11.8 Å². The Morgan fingerprint density at radius 1 is 1.20 bits per heavy atom. The van der Waals surface area contributed by atoms with Crippen LogP contribution in [0.5, 0.6) is 0 Å². The van der Waals surface area contributed by atoms with Gasteiger partial charge in [-0.25, -0.2) is 9.97 Å². The molecule has 0 radical (unpaired) electrons. The van der Waals surface area contributed by atoms with Gasteiger partial charge in [-0.3, -0.25) is 0 Å². The third-order valence-electron chi connectivity index (χ3n) is 2.90. The number of imidazole rings is 1. The molecule has 0 atom stereocenters. The van der Waals surface area contributed by atoms with Crippen LogP contribution in [-0.2, 0) is 6.54 Å². The first-order valence-corrected chi connectivity index (χ1v) is 7.07. The number of rotatable bonds is 8. The molecule has 6 heteroatoms. The van der Waals surface area contributed by atoms with E-state index in [4.69, 9.17) is 0 Å². The minimum Gasteiger partial charge on any atom is -0.370 e. The Kier molecular flexibility index (Phi) is 5.34. The molecule has 0 bridgehead atoms. The van der Waals surface area contributed by atoms with Crippen LogP contribution in [0.15, 0.2) is 24.8 Å². The van der Waals surface area contributed by atoms with Crippen molar-refractivity contribution in [3.63, 3.8) is 0 Å². The number of nitrogens with zero attached hydrogens (tertiary/aromatic N) is 4. The normalized spacial score (nSPS) is 10.5. The summed E-state index contributed by atoms with van der Waals surface area (Å²) in [6.45, 7) is 6.76. The highest BCUT2D eigenvalue weighted by molar-refractivity contribution is 5.41. The Balaban J connectivity index is 1.73. The predicted octanol–water partition coefficient (Wildman–Crippen LogP) is 2.31. The van der Waals surface area contributed by atoms with Gasteiger partial charge in [0, 0.05) is 43.8 Å². The molecule has 2 aromatic rings. The van der Waals surface area contributed by atoms with E-state index in [0.29, 0.717) is 5.95 Å². The molecular weight excluding hydrogens is 252 g/mol. The van der Waals surface area contributed by atoms with Crippen molar-refractivity contribution in [1.82, 2.24) is 19.5 Å². The van der Waals surface area contributed by atoms with Crippen LogP contribution in [-0.4, -0.2) is 32.6 Å². The third kappa shape index (κ3) is 4.53. The van der Waals surface area contributed by atoms with Crippen molar-refractivity contribution in [2.45, 2.75) is 33.2 Å². The van der Waals surface area contributed by atoms with Gasteiger partial charge in [-0.05, 0) is 26.7 Å².